The van der Waals surface area contributed by atoms with Crippen molar-refractivity contribution in [3.63, 3.8) is 0 Å². The van der Waals surface area contributed by atoms with Crippen LogP contribution in [0.1, 0.15) is 12.2 Å². The van der Waals surface area contributed by atoms with Crippen molar-refractivity contribution in [1.29, 1.82) is 0 Å². The Morgan fingerprint density at radius 2 is 2.24 bits per heavy atom. The molecule has 0 saturated heterocycles. The van der Waals surface area contributed by atoms with Gasteiger partial charge in [0.15, 0.2) is 5.82 Å². The molecule has 0 aliphatic heterocycles. The predicted octanol–water partition coefficient (Wildman–Crippen LogP) is -1.21. The molecule has 0 unspecified atom stereocenters. The van der Waals surface area contributed by atoms with E-state index in [1.807, 2.05) is 0 Å². The average Bonchev–Trinajstić information content (AvgIpc) is 2.57. The number of rotatable bonds is 6. The molecule has 1 aromatic rings. The van der Waals surface area contributed by atoms with E-state index in [1.54, 1.807) is 6.92 Å². The Bertz CT molecular complexity index is 485. The number of hydrogen-bond donors (Lipinski definition) is 1. The summed E-state index contributed by atoms with van der Waals surface area (Å²) in [6.45, 7) is 1.60. The van der Waals surface area contributed by atoms with Gasteiger partial charge >= 0.3 is 10.2 Å². The Morgan fingerprint density at radius 1 is 1.53 bits per heavy atom. The van der Waals surface area contributed by atoms with E-state index in [-0.39, 0.29) is 19.5 Å². The molecule has 0 radical (unpaired) electrons. The van der Waals surface area contributed by atoms with Gasteiger partial charge in [0, 0.05) is 6.54 Å². The molecular formula is C7H12FN5O3S. The minimum absolute atomic E-state index is 0.0222. The molecule has 1 aromatic heterocycles. The number of nitrogens with one attached hydrogen (secondary N) is 1. The highest BCUT2D eigenvalue weighted by molar-refractivity contribution is 7.86. The van der Waals surface area contributed by atoms with E-state index < -0.39 is 21.9 Å². The lowest BCUT2D eigenvalue weighted by atomic mass is 10.4. The van der Waals surface area contributed by atoms with E-state index >= 15 is 0 Å². The molecule has 1 amide bonds. The van der Waals surface area contributed by atoms with Gasteiger partial charge in [-0.05, 0) is 18.6 Å². The Hall–Kier alpha value is -1.58. The fourth-order valence-electron chi connectivity index (χ4n) is 1.05. The van der Waals surface area contributed by atoms with E-state index in [1.165, 1.54) is 0 Å². The molecule has 0 bridgehead atoms. The summed E-state index contributed by atoms with van der Waals surface area (Å²) in [5.74, 6) is -0.548. The molecule has 0 atom stereocenters. The highest BCUT2D eigenvalue weighted by Gasteiger charge is 2.08. The monoisotopic (exact) mass is 265 g/mol. The van der Waals surface area contributed by atoms with Crippen molar-refractivity contribution in [2.24, 2.45) is 0 Å². The molecule has 0 saturated carbocycles. The van der Waals surface area contributed by atoms with Crippen LogP contribution in [0.3, 0.4) is 0 Å². The quantitative estimate of drug-likeness (QED) is 0.510. The van der Waals surface area contributed by atoms with Crippen LogP contribution in [0.5, 0.6) is 0 Å². The highest BCUT2D eigenvalue weighted by Crippen LogP contribution is 1.93. The Labute approximate surface area is 97.4 Å². The van der Waals surface area contributed by atoms with Crippen molar-refractivity contribution in [3.05, 3.63) is 5.82 Å². The van der Waals surface area contributed by atoms with Gasteiger partial charge < -0.3 is 5.32 Å². The predicted molar refractivity (Wildman–Crippen MR) is 55.1 cm³/mol. The maximum absolute atomic E-state index is 12.1. The Morgan fingerprint density at radius 3 is 2.76 bits per heavy atom. The van der Waals surface area contributed by atoms with Crippen LogP contribution in [-0.4, -0.2) is 46.8 Å². The Balaban J connectivity index is 2.22. The van der Waals surface area contributed by atoms with Crippen molar-refractivity contribution in [1.82, 2.24) is 25.5 Å². The molecule has 1 heterocycles. The summed E-state index contributed by atoms with van der Waals surface area (Å²) in [5, 5.41) is 13.4. The zero-order chi connectivity index (χ0) is 12.9. The smallest absolute Gasteiger partial charge is 0.302 e. The first-order valence-electron chi connectivity index (χ1n) is 4.80. The van der Waals surface area contributed by atoms with Gasteiger partial charge in [-0.25, -0.2) is 0 Å². The third-order valence-corrected chi connectivity index (χ3v) is 2.50. The van der Waals surface area contributed by atoms with Crippen LogP contribution in [0.2, 0.25) is 0 Å². The number of amides is 1. The van der Waals surface area contributed by atoms with Crippen LogP contribution in [0.25, 0.3) is 0 Å². The van der Waals surface area contributed by atoms with Crippen molar-refractivity contribution in [3.8, 4) is 0 Å². The second-order valence-electron chi connectivity index (χ2n) is 3.31. The summed E-state index contributed by atoms with van der Waals surface area (Å²) in [6.07, 6.45) is 0.0222. The van der Waals surface area contributed by atoms with Crippen LogP contribution in [0.4, 0.5) is 3.89 Å². The van der Waals surface area contributed by atoms with Gasteiger partial charge in [0.1, 0.15) is 6.54 Å². The van der Waals surface area contributed by atoms with Gasteiger partial charge in [-0.2, -0.15) is 13.2 Å². The van der Waals surface area contributed by atoms with Crippen molar-refractivity contribution in [2.75, 3.05) is 12.3 Å². The molecule has 1 rings (SSSR count). The number of carbonyl (C=O) groups excluding carboxylic acids is 1. The molecule has 0 spiro atoms. The number of carbonyl (C=O) groups is 1. The lowest BCUT2D eigenvalue weighted by molar-refractivity contribution is -0.122. The molecule has 1 N–H and O–H groups in total. The zero-order valence-corrected chi connectivity index (χ0v) is 9.94. The molecule has 0 aliphatic rings. The molecule has 8 nitrogen and oxygen atoms in total. The maximum atomic E-state index is 12.1. The van der Waals surface area contributed by atoms with Gasteiger partial charge in [-0.3, -0.25) is 4.79 Å². The van der Waals surface area contributed by atoms with Crippen LogP contribution in [-0.2, 0) is 21.6 Å². The lowest BCUT2D eigenvalue weighted by Gasteiger charge is -2.02. The summed E-state index contributed by atoms with van der Waals surface area (Å²) in [7, 11) is -4.47. The Kier molecular flexibility index (Phi) is 4.49. The minimum atomic E-state index is -4.47. The first-order chi connectivity index (χ1) is 7.87. The second-order valence-corrected chi connectivity index (χ2v) is 4.80. The van der Waals surface area contributed by atoms with Gasteiger partial charge in [0.2, 0.25) is 5.91 Å². The van der Waals surface area contributed by atoms with Crippen LogP contribution < -0.4 is 5.32 Å². The van der Waals surface area contributed by atoms with E-state index in [0.717, 1.165) is 4.80 Å². The standard InChI is InChI=1S/C7H12FN5O3S/c1-6-10-12-13(11-6)5-7(14)9-3-2-4-17(8,15)16/h2-5H2,1H3,(H,9,14). The second kappa shape index (κ2) is 5.66. The molecule has 0 aromatic carbocycles. The lowest BCUT2D eigenvalue weighted by Crippen LogP contribution is -2.30. The summed E-state index contributed by atoms with van der Waals surface area (Å²) in [5.41, 5.74) is 0. The third-order valence-electron chi connectivity index (χ3n) is 1.72. The van der Waals surface area contributed by atoms with Crippen molar-refractivity contribution in [2.45, 2.75) is 19.9 Å². The minimum Gasteiger partial charge on any atom is -0.354 e. The van der Waals surface area contributed by atoms with Gasteiger partial charge in [0.25, 0.3) is 0 Å². The number of aromatic nitrogens is 4. The molecule has 0 fully saturated rings. The summed E-state index contributed by atoms with van der Waals surface area (Å²) < 4.78 is 32.4. The summed E-state index contributed by atoms with van der Waals surface area (Å²) in [6, 6.07) is 0. The maximum Gasteiger partial charge on any atom is 0.302 e. The molecule has 10 heteroatoms. The number of hydrogen-bond acceptors (Lipinski definition) is 6. The molecular weight excluding hydrogens is 253 g/mol. The highest BCUT2D eigenvalue weighted by atomic mass is 32.3. The molecule has 0 aliphatic carbocycles. The number of tetrazole rings is 1. The average molecular weight is 265 g/mol. The molecule has 96 valence electrons. The first-order valence-corrected chi connectivity index (χ1v) is 6.35. The topological polar surface area (TPSA) is 107 Å². The number of aryl methyl sites for hydroxylation is 1. The van der Waals surface area contributed by atoms with E-state index in [0.29, 0.717) is 5.82 Å². The van der Waals surface area contributed by atoms with E-state index in [4.69, 9.17) is 0 Å². The van der Waals surface area contributed by atoms with Crippen LogP contribution >= 0.6 is 0 Å². The van der Waals surface area contributed by atoms with E-state index in [9.17, 15) is 17.1 Å². The van der Waals surface area contributed by atoms with Crippen LogP contribution in [0.15, 0.2) is 0 Å². The SMILES string of the molecule is Cc1nnn(CC(=O)NCCCS(=O)(=O)F)n1. The van der Waals surface area contributed by atoms with Crippen molar-refractivity contribution < 1.29 is 17.1 Å². The van der Waals surface area contributed by atoms with E-state index in [2.05, 4.69) is 20.7 Å². The number of halogens is 1. The normalized spacial score (nSPS) is 11.4. The fourth-order valence-corrected chi connectivity index (χ4v) is 1.54. The van der Waals surface area contributed by atoms with Gasteiger partial charge in [0.05, 0.1) is 5.75 Å². The third kappa shape index (κ3) is 5.90. The summed E-state index contributed by atoms with van der Waals surface area (Å²) >= 11 is 0. The molecule has 17 heavy (non-hydrogen) atoms. The number of nitrogens with zero attached hydrogens (tertiary/aromatic N) is 4. The van der Waals surface area contributed by atoms with Crippen LogP contribution in [0, 0.1) is 6.92 Å². The summed E-state index contributed by atoms with van der Waals surface area (Å²) in [4.78, 5) is 12.4. The zero-order valence-electron chi connectivity index (χ0n) is 9.13. The van der Waals surface area contributed by atoms with Gasteiger partial charge in [-0.1, -0.05) is 0 Å². The largest absolute Gasteiger partial charge is 0.354 e. The van der Waals surface area contributed by atoms with Crippen molar-refractivity contribution >= 4 is 16.1 Å². The first kappa shape index (κ1) is 13.5. The van der Waals surface area contributed by atoms with Gasteiger partial charge in [-0.15, -0.1) is 14.1 Å². The fraction of sp³-hybridized carbons (Fsp3) is 0.714.